The van der Waals surface area contributed by atoms with Crippen LogP contribution >= 0.6 is 8.53 Å². The summed E-state index contributed by atoms with van der Waals surface area (Å²) < 4.78 is 29.4. The SMILES string of the molecule is CC(=O)O/C=C1\CC(COP(OCCC#N)N(C(C)C)C(C)C)=C(OC(C)=O)O1. The maximum Gasteiger partial charge on any atom is 0.310 e. The molecule has 0 saturated carbocycles. The molecule has 1 atom stereocenters. The molecule has 162 valence electrons. The van der Waals surface area contributed by atoms with Gasteiger partial charge in [0.2, 0.25) is 0 Å². The van der Waals surface area contributed by atoms with E-state index in [1.165, 1.54) is 20.1 Å². The highest BCUT2D eigenvalue weighted by Gasteiger charge is 2.30. The molecule has 0 saturated heterocycles. The van der Waals surface area contributed by atoms with Crippen molar-refractivity contribution >= 4 is 20.5 Å². The third-order valence-electron chi connectivity index (χ3n) is 3.50. The first-order chi connectivity index (χ1) is 13.6. The number of esters is 2. The lowest BCUT2D eigenvalue weighted by molar-refractivity contribution is -0.141. The molecule has 0 spiro atoms. The fourth-order valence-electron chi connectivity index (χ4n) is 2.50. The van der Waals surface area contributed by atoms with Gasteiger partial charge in [0.1, 0.15) is 12.0 Å². The Kier molecular flexibility index (Phi) is 10.8. The van der Waals surface area contributed by atoms with Gasteiger partial charge >= 0.3 is 11.9 Å². The molecule has 29 heavy (non-hydrogen) atoms. The Balaban J connectivity index is 2.93. The van der Waals surface area contributed by atoms with Gasteiger partial charge in [0, 0.05) is 37.9 Å². The normalized spacial score (nSPS) is 16.3. The Bertz CT molecular complexity index is 675. The predicted molar refractivity (Wildman–Crippen MR) is 106 cm³/mol. The van der Waals surface area contributed by atoms with Gasteiger partial charge in [-0.3, -0.25) is 9.59 Å². The second kappa shape index (κ2) is 12.6. The maximum absolute atomic E-state index is 11.4. The van der Waals surface area contributed by atoms with Crippen molar-refractivity contribution in [1.29, 1.82) is 5.26 Å². The number of hydrogen-bond donors (Lipinski definition) is 0. The minimum absolute atomic E-state index is 0.0171. The number of carbonyl (C=O) groups excluding carboxylic acids is 2. The summed E-state index contributed by atoms with van der Waals surface area (Å²) in [5.41, 5.74) is 0.586. The standard InChI is InChI=1S/C19H29N2O7P/c1-13(2)21(14(3)4)29(25-9-7-8-20)26-11-17-10-18(12-24-15(5)22)28-19(17)27-16(6)23/h12-14H,7,9-11H2,1-6H3/b18-12+. The zero-order valence-electron chi connectivity index (χ0n) is 17.8. The van der Waals surface area contributed by atoms with Crippen LogP contribution in [0.4, 0.5) is 0 Å². The molecule has 0 bridgehead atoms. The van der Waals surface area contributed by atoms with E-state index in [0.717, 1.165) is 0 Å². The lowest BCUT2D eigenvalue weighted by Crippen LogP contribution is -2.33. The molecule has 1 rings (SSSR count). The van der Waals surface area contributed by atoms with E-state index in [1.54, 1.807) is 0 Å². The van der Waals surface area contributed by atoms with Gasteiger partial charge in [-0.25, -0.2) is 4.67 Å². The molecule has 1 unspecified atom stereocenters. The van der Waals surface area contributed by atoms with Gasteiger partial charge in [0.25, 0.3) is 14.5 Å². The number of nitriles is 1. The van der Waals surface area contributed by atoms with Gasteiger partial charge in [-0.05, 0) is 27.7 Å². The average molecular weight is 428 g/mol. The predicted octanol–water partition coefficient (Wildman–Crippen LogP) is 3.88. The van der Waals surface area contributed by atoms with Gasteiger partial charge in [0.15, 0.2) is 0 Å². The zero-order valence-corrected chi connectivity index (χ0v) is 18.7. The molecule has 0 aromatic carbocycles. The number of ether oxygens (including phenoxy) is 3. The smallest absolute Gasteiger partial charge is 0.310 e. The summed E-state index contributed by atoms with van der Waals surface area (Å²) in [6.45, 7) is 11.0. The second-order valence-corrected chi connectivity index (χ2v) is 8.23. The van der Waals surface area contributed by atoms with E-state index in [9.17, 15) is 9.59 Å². The lowest BCUT2D eigenvalue weighted by atomic mass is 10.2. The second-order valence-electron chi connectivity index (χ2n) is 6.78. The van der Waals surface area contributed by atoms with Crippen molar-refractivity contribution in [2.45, 2.75) is 66.5 Å². The number of allylic oxidation sites excluding steroid dienone is 1. The van der Waals surface area contributed by atoms with E-state index < -0.39 is 20.5 Å². The third-order valence-corrected chi connectivity index (χ3v) is 5.56. The largest absolute Gasteiger partial charge is 0.431 e. The first-order valence-corrected chi connectivity index (χ1v) is 10.4. The molecule has 0 radical (unpaired) electrons. The van der Waals surface area contributed by atoms with Gasteiger partial charge in [-0.15, -0.1) is 0 Å². The van der Waals surface area contributed by atoms with E-state index in [2.05, 4.69) is 10.7 Å². The average Bonchev–Trinajstić information content (AvgIpc) is 2.98. The molecule has 0 amide bonds. The highest BCUT2D eigenvalue weighted by Crippen LogP contribution is 2.47. The van der Waals surface area contributed by atoms with Crippen LogP contribution in [-0.2, 0) is 32.8 Å². The molecule has 0 N–H and O–H groups in total. The van der Waals surface area contributed by atoms with Crippen LogP contribution in [0.15, 0.2) is 23.5 Å². The molecule has 10 heteroatoms. The Morgan fingerprint density at radius 1 is 1.21 bits per heavy atom. The fraction of sp³-hybridized carbons (Fsp3) is 0.632. The van der Waals surface area contributed by atoms with Gasteiger partial charge < -0.3 is 23.3 Å². The van der Waals surface area contributed by atoms with E-state index in [0.29, 0.717) is 11.3 Å². The van der Waals surface area contributed by atoms with Crippen LogP contribution in [0.5, 0.6) is 0 Å². The van der Waals surface area contributed by atoms with Crippen LogP contribution in [-0.4, -0.2) is 41.9 Å². The number of hydrogen-bond acceptors (Lipinski definition) is 9. The minimum atomic E-state index is -1.46. The number of rotatable bonds is 11. The van der Waals surface area contributed by atoms with Crippen LogP contribution in [0.25, 0.3) is 0 Å². The molecule has 0 aromatic rings. The molecule has 0 fully saturated rings. The third kappa shape index (κ3) is 8.92. The summed E-state index contributed by atoms with van der Waals surface area (Å²) in [6, 6.07) is 2.36. The quantitative estimate of drug-likeness (QED) is 0.210. The van der Waals surface area contributed by atoms with Crippen LogP contribution in [0.2, 0.25) is 0 Å². The van der Waals surface area contributed by atoms with Crippen LogP contribution in [0.3, 0.4) is 0 Å². The summed E-state index contributed by atoms with van der Waals surface area (Å²) in [5, 5.41) is 8.78. The molecular formula is C19H29N2O7P. The minimum Gasteiger partial charge on any atom is -0.431 e. The first-order valence-electron chi connectivity index (χ1n) is 9.31. The monoisotopic (exact) mass is 428 g/mol. The van der Waals surface area contributed by atoms with E-state index in [1.807, 2.05) is 27.7 Å². The summed E-state index contributed by atoms with van der Waals surface area (Å²) in [5.74, 6) is -0.679. The van der Waals surface area contributed by atoms with Crippen LogP contribution in [0.1, 0.15) is 54.4 Å². The Hall–Kier alpha value is -1.98. The van der Waals surface area contributed by atoms with Crippen molar-refractivity contribution in [3.63, 3.8) is 0 Å². The summed E-state index contributed by atoms with van der Waals surface area (Å²) in [4.78, 5) is 22.4. The summed E-state index contributed by atoms with van der Waals surface area (Å²) >= 11 is 0. The van der Waals surface area contributed by atoms with Crippen molar-refractivity contribution in [2.75, 3.05) is 13.2 Å². The highest BCUT2D eigenvalue weighted by atomic mass is 31.2. The Morgan fingerprint density at radius 2 is 1.86 bits per heavy atom. The summed E-state index contributed by atoms with van der Waals surface area (Å²) in [6.07, 6.45) is 1.70. The maximum atomic E-state index is 11.4. The van der Waals surface area contributed by atoms with E-state index >= 15 is 0 Å². The molecule has 9 nitrogen and oxygen atoms in total. The molecule has 0 aromatic heterocycles. The van der Waals surface area contributed by atoms with Crippen molar-refractivity contribution in [3.05, 3.63) is 23.5 Å². The molecule has 1 aliphatic heterocycles. The van der Waals surface area contributed by atoms with Crippen LogP contribution < -0.4 is 0 Å². The van der Waals surface area contributed by atoms with Gasteiger partial charge in [-0.2, -0.15) is 5.26 Å². The molecule has 1 heterocycles. The molecule has 1 aliphatic rings. The van der Waals surface area contributed by atoms with Crippen molar-refractivity contribution in [2.24, 2.45) is 0 Å². The molecule has 0 aliphatic carbocycles. The number of nitrogens with zero attached hydrogens (tertiary/aromatic N) is 2. The summed E-state index contributed by atoms with van der Waals surface area (Å²) in [7, 11) is -1.46. The van der Waals surface area contributed by atoms with E-state index in [4.69, 9.17) is 28.5 Å². The van der Waals surface area contributed by atoms with Gasteiger partial charge in [-0.1, -0.05) is 0 Å². The van der Waals surface area contributed by atoms with Crippen molar-refractivity contribution in [1.82, 2.24) is 4.67 Å². The fourth-order valence-corrected chi connectivity index (χ4v) is 4.11. The van der Waals surface area contributed by atoms with Crippen molar-refractivity contribution < 1.29 is 32.8 Å². The van der Waals surface area contributed by atoms with E-state index in [-0.39, 0.29) is 44.1 Å². The number of carbonyl (C=O) groups is 2. The van der Waals surface area contributed by atoms with Crippen LogP contribution in [0, 0.1) is 11.3 Å². The molecular weight excluding hydrogens is 399 g/mol. The topological polar surface area (TPSA) is 107 Å². The van der Waals surface area contributed by atoms with Crippen molar-refractivity contribution in [3.8, 4) is 6.07 Å². The zero-order chi connectivity index (χ0) is 22.0. The highest BCUT2D eigenvalue weighted by molar-refractivity contribution is 7.44. The Labute approximate surface area is 173 Å². The van der Waals surface area contributed by atoms with Gasteiger partial charge in [0.05, 0.1) is 25.7 Å². The lowest BCUT2D eigenvalue weighted by Gasteiger charge is -2.35. The Morgan fingerprint density at radius 3 is 2.38 bits per heavy atom. The first kappa shape index (κ1) is 25.1.